The summed E-state index contributed by atoms with van der Waals surface area (Å²) in [6.07, 6.45) is 0.693. The molecule has 2 aromatic carbocycles. The fourth-order valence-corrected chi connectivity index (χ4v) is 3.20. The van der Waals surface area contributed by atoms with E-state index in [0.717, 1.165) is 11.3 Å². The average Bonchev–Trinajstić information content (AvgIpc) is 2.97. The van der Waals surface area contributed by atoms with Gasteiger partial charge in [0.2, 0.25) is 0 Å². The molecule has 0 aliphatic carbocycles. The number of nitrogens with one attached hydrogen (secondary N) is 1. The van der Waals surface area contributed by atoms with Gasteiger partial charge >= 0.3 is 12.0 Å². The van der Waals surface area contributed by atoms with E-state index in [-0.39, 0.29) is 13.0 Å². The first kappa shape index (κ1) is 18.6. The van der Waals surface area contributed by atoms with Gasteiger partial charge in [0.15, 0.2) is 5.54 Å². The third-order valence-corrected chi connectivity index (χ3v) is 4.53. The number of rotatable bonds is 7. The van der Waals surface area contributed by atoms with E-state index < -0.39 is 23.4 Å². The van der Waals surface area contributed by atoms with Crippen LogP contribution in [0.25, 0.3) is 0 Å². The van der Waals surface area contributed by atoms with Crippen molar-refractivity contribution in [3.63, 3.8) is 0 Å². The van der Waals surface area contributed by atoms with E-state index in [1.807, 2.05) is 67.6 Å². The summed E-state index contributed by atoms with van der Waals surface area (Å²) in [6, 6.07) is 17.7. The minimum Gasteiger partial charge on any atom is -0.466 e. The minimum atomic E-state index is -1.30. The molecule has 1 fully saturated rings. The van der Waals surface area contributed by atoms with Crippen LogP contribution in [-0.2, 0) is 19.9 Å². The zero-order valence-corrected chi connectivity index (χ0v) is 15.2. The van der Waals surface area contributed by atoms with Crippen LogP contribution in [0.4, 0.5) is 4.79 Å². The quantitative estimate of drug-likeness (QED) is 0.604. The van der Waals surface area contributed by atoms with Crippen LogP contribution in [0.2, 0.25) is 0 Å². The van der Waals surface area contributed by atoms with Gasteiger partial charge in [-0.3, -0.25) is 14.5 Å². The molecule has 3 rings (SSSR count). The Morgan fingerprint density at radius 2 is 1.56 bits per heavy atom. The molecule has 27 heavy (non-hydrogen) atoms. The smallest absolute Gasteiger partial charge is 0.325 e. The van der Waals surface area contributed by atoms with Crippen LogP contribution in [0, 0.1) is 0 Å². The molecule has 6 heteroatoms. The molecule has 140 valence electrons. The van der Waals surface area contributed by atoms with E-state index in [9.17, 15) is 14.4 Å². The third-order valence-electron chi connectivity index (χ3n) is 4.53. The monoisotopic (exact) mass is 366 g/mol. The van der Waals surface area contributed by atoms with Crippen molar-refractivity contribution < 1.29 is 19.1 Å². The molecule has 1 saturated heterocycles. The highest BCUT2D eigenvalue weighted by atomic mass is 16.5. The molecular weight excluding hydrogens is 344 g/mol. The fourth-order valence-electron chi connectivity index (χ4n) is 3.20. The van der Waals surface area contributed by atoms with Crippen LogP contribution >= 0.6 is 0 Å². The van der Waals surface area contributed by atoms with Crippen molar-refractivity contribution in [1.82, 2.24) is 10.2 Å². The molecule has 0 aromatic heterocycles. The van der Waals surface area contributed by atoms with Gasteiger partial charge in [-0.1, -0.05) is 67.6 Å². The largest absolute Gasteiger partial charge is 0.466 e. The number of amides is 3. The Hall–Kier alpha value is -3.15. The number of esters is 1. The van der Waals surface area contributed by atoms with Crippen LogP contribution < -0.4 is 5.32 Å². The second-order valence-electron chi connectivity index (χ2n) is 6.34. The Bertz CT molecular complexity index is 781. The molecule has 6 nitrogen and oxygen atoms in total. The van der Waals surface area contributed by atoms with E-state index in [0.29, 0.717) is 17.7 Å². The first-order chi connectivity index (χ1) is 13.1. The van der Waals surface area contributed by atoms with Crippen molar-refractivity contribution in [3.05, 3.63) is 71.8 Å². The first-order valence-corrected chi connectivity index (χ1v) is 9.00. The summed E-state index contributed by atoms with van der Waals surface area (Å²) in [6.45, 7) is 2.21. The molecule has 1 N–H and O–H groups in total. The van der Waals surface area contributed by atoms with E-state index >= 15 is 0 Å². The number of imide groups is 1. The van der Waals surface area contributed by atoms with Gasteiger partial charge in [0, 0.05) is 6.54 Å². The predicted octanol–water partition coefficient (Wildman–Crippen LogP) is 2.83. The molecular formula is C21H22N2O4. The Morgan fingerprint density at radius 3 is 2.07 bits per heavy atom. The van der Waals surface area contributed by atoms with E-state index in [4.69, 9.17) is 4.74 Å². The van der Waals surface area contributed by atoms with Gasteiger partial charge in [0.05, 0.1) is 13.0 Å². The second kappa shape index (κ2) is 8.03. The third kappa shape index (κ3) is 3.56. The van der Waals surface area contributed by atoms with Crippen molar-refractivity contribution >= 4 is 17.9 Å². The van der Waals surface area contributed by atoms with Gasteiger partial charge in [0.25, 0.3) is 5.91 Å². The summed E-state index contributed by atoms with van der Waals surface area (Å²) in [4.78, 5) is 38.8. The maximum atomic E-state index is 13.4. The lowest BCUT2D eigenvalue weighted by molar-refractivity contribution is -0.144. The molecule has 1 heterocycles. The van der Waals surface area contributed by atoms with E-state index in [1.165, 1.54) is 0 Å². The summed E-state index contributed by atoms with van der Waals surface area (Å²) in [5.74, 6) is -0.817. The number of hydrogen-bond acceptors (Lipinski definition) is 4. The van der Waals surface area contributed by atoms with Crippen LogP contribution in [0.15, 0.2) is 60.7 Å². The standard InChI is InChI=1S/C21H22N2O4/c1-2-15-27-18(24)13-14-23-19(25)21(22-20(23)26,16-9-5-3-6-10-16)17-11-7-4-8-12-17/h3-12H,2,13-15H2,1H3,(H,22,26). The molecule has 0 spiro atoms. The van der Waals surface area contributed by atoms with Crippen LogP contribution in [0.1, 0.15) is 30.9 Å². The van der Waals surface area contributed by atoms with Crippen LogP contribution in [0.5, 0.6) is 0 Å². The Morgan fingerprint density at radius 1 is 1.00 bits per heavy atom. The number of ether oxygens (including phenoxy) is 1. The van der Waals surface area contributed by atoms with Gasteiger partial charge < -0.3 is 10.1 Å². The van der Waals surface area contributed by atoms with Gasteiger partial charge in [-0.2, -0.15) is 0 Å². The van der Waals surface area contributed by atoms with E-state index in [1.54, 1.807) is 0 Å². The van der Waals surface area contributed by atoms with Gasteiger partial charge in [-0.05, 0) is 17.5 Å². The Labute approximate surface area is 158 Å². The number of benzene rings is 2. The molecule has 0 saturated carbocycles. The lowest BCUT2D eigenvalue weighted by Crippen LogP contribution is -2.45. The highest BCUT2D eigenvalue weighted by Crippen LogP contribution is 2.35. The molecule has 0 radical (unpaired) electrons. The van der Waals surface area contributed by atoms with E-state index in [2.05, 4.69) is 5.32 Å². The maximum Gasteiger partial charge on any atom is 0.325 e. The summed E-state index contributed by atoms with van der Waals surface area (Å²) >= 11 is 0. The number of urea groups is 1. The number of nitrogens with zero attached hydrogens (tertiary/aromatic N) is 1. The highest BCUT2D eigenvalue weighted by Gasteiger charge is 2.53. The lowest BCUT2D eigenvalue weighted by Gasteiger charge is -2.28. The number of hydrogen-bond donors (Lipinski definition) is 1. The topological polar surface area (TPSA) is 75.7 Å². The molecule has 1 aliphatic heterocycles. The fraction of sp³-hybridized carbons (Fsp3) is 0.286. The zero-order valence-electron chi connectivity index (χ0n) is 15.2. The molecule has 0 atom stereocenters. The minimum absolute atomic E-state index is 0.0192. The van der Waals surface area contributed by atoms with Crippen molar-refractivity contribution in [2.24, 2.45) is 0 Å². The Balaban J connectivity index is 1.91. The van der Waals surface area contributed by atoms with Crippen molar-refractivity contribution in [2.75, 3.05) is 13.2 Å². The van der Waals surface area contributed by atoms with Crippen molar-refractivity contribution in [3.8, 4) is 0 Å². The van der Waals surface area contributed by atoms with Gasteiger partial charge in [-0.25, -0.2) is 4.79 Å². The summed E-state index contributed by atoms with van der Waals surface area (Å²) in [5, 5.41) is 2.85. The highest BCUT2D eigenvalue weighted by molar-refractivity contribution is 6.09. The molecule has 3 amide bonds. The number of carbonyl (C=O) groups excluding carboxylic acids is 3. The normalized spacial score (nSPS) is 15.5. The molecule has 0 unspecified atom stereocenters. The SMILES string of the molecule is CCCOC(=O)CCN1C(=O)NC(c2ccccc2)(c2ccccc2)C1=O. The van der Waals surface area contributed by atoms with Crippen LogP contribution in [-0.4, -0.2) is 36.0 Å². The average molecular weight is 366 g/mol. The summed E-state index contributed by atoms with van der Waals surface area (Å²) in [7, 11) is 0. The predicted molar refractivity (Wildman–Crippen MR) is 99.8 cm³/mol. The first-order valence-electron chi connectivity index (χ1n) is 9.00. The second-order valence-corrected chi connectivity index (χ2v) is 6.34. The van der Waals surface area contributed by atoms with Gasteiger partial charge in [-0.15, -0.1) is 0 Å². The maximum absolute atomic E-state index is 13.4. The van der Waals surface area contributed by atoms with Crippen LogP contribution in [0.3, 0.4) is 0 Å². The lowest BCUT2D eigenvalue weighted by atomic mass is 9.82. The number of carbonyl (C=O) groups is 3. The van der Waals surface area contributed by atoms with Gasteiger partial charge in [0.1, 0.15) is 0 Å². The summed E-state index contributed by atoms with van der Waals surface area (Å²) in [5.41, 5.74) is 0.0450. The molecule has 2 aromatic rings. The van der Waals surface area contributed by atoms with Crippen molar-refractivity contribution in [2.45, 2.75) is 25.3 Å². The Kier molecular flexibility index (Phi) is 5.54. The molecule has 1 aliphatic rings. The van der Waals surface area contributed by atoms with Crippen molar-refractivity contribution in [1.29, 1.82) is 0 Å². The summed E-state index contributed by atoms with van der Waals surface area (Å²) < 4.78 is 5.03. The molecule has 0 bridgehead atoms. The zero-order chi connectivity index (χ0) is 19.3.